The Hall–Kier alpha value is -2.48. The van der Waals surface area contributed by atoms with Gasteiger partial charge in [0.1, 0.15) is 0 Å². The van der Waals surface area contributed by atoms with Crippen LogP contribution in [0.5, 0.6) is 0 Å². The molecule has 26 heavy (non-hydrogen) atoms. The van der Waals surface area contributed by atoms with Crippen LogP contribution in [0.3, 0.4) is 0 Å². The number of aryl methyl sites for hydroxylation is 2. The third-order valence-electron chi connectivity index (χ3n) is 5.37. The van der Waals surface area contributed by atoms with Crippen LogP contribution in [0.25, 0.3) is 11.4 Å². The summed E-state index contributed by atoms with van der Waals surface area (Å²) in [6, 6.07) is 0.403. The molecule has 3 heterocycles. The second kappa shape index (κ2) is 6.68. The molecule has 2 aliphatic rings. The summed E-state index contributed by atoms with van der Waals surface area (Å²) in [5.41, 5.74) is 4.40. The Kier molecular flexibility index (Phi) is 4.36. The number of rotatable bonds is 3. The van der Waals surface area contributed by atoms with Crippen molar-refractivity contribution in [3.05, 3.63) is 23.0 Å². The number of likely N-dealkylation sites (tertiary alicyclic amines) is 1. The second-order valence-corrected chi connectivity index (χ2v) is 7.17. The molecule has 4 rings (SSSR count). The average molecular weight is 355 g/mol. The van der Waals surface area contributed by atoms with Crippen LogP contribution in [0.2, 0.25) is 0 Å². The van der Waals surface area contributed by atoms with Gasteiger partial charge in [-0.05, 0) is 51.4 Å². The number of fused-ring (bicyclic) bond motifs is 3. The molecule has 0 unspecified atom stereocenters. The predicted octanol–water partition coefficient (Wildman–Crippen LogP) is 0.841. The summed E-state index contributed by atoms with van der Waals surface area (Å²) in [5, 5.41) is 10.6. The lowest BCUT2D eigenvalue weighted by molar-refractivity contribution is 0.0956. The van der Waals surface area contributed by atoms with Crippen LogP contribution in [-0.4, -0.2) is 63.8 Å². The Labute approximate surface area is 153 Å². The number of carbonyl (C=O) groups is 1. The molecule has 0 radical (unpaired) electrons. The van der Waals surface area contributed by atoms with Gasteiger partial charge in [0.25, 0.3) is 5.91 Å². The van der Waals surface area contributed by atoms with Gasteiger partial charge in [0.15, 0.2) is 5.69 Å². The molecule has 1 amide bonds. The topological polar surface area (TPSA) is 88.0 Å². The lowest BCUT2D eigenvalue weighted by atomic mass is 9.93. The summed E-state index contributed by atoms with van der Waals surface area (Å²) in [7, 11) is 5.65. The third-order valence-corrected chi connectivity index (χ3v) is 5.37. The van der Waals surface area contributed by atoms with Gasteiger partial charge in [-0.25, -0.2) is 9.97 Å². The van der Waals surface area contributed by atoms with E-state index in [1.54, 1.807) is 11.7 Å². The highest BCUT2D eigenvalue weighted by molar-refractivity contribution is 5.95. The maximum atomic E-state index is 12.1. The van der Waals surface area contributed by atoms with Crippen molar-refractivity contribution in [1.29, 1.82) is 0 Å². The number of nitrogens with one attached hydrogen (secondary N) is 2. The lowest BCUT2D eigenvalue weighted by Gasteiger charge is -2.29. The molecule has 8 nitrogen and oxygen atoms in total. The molecular formula is C18H25N7O. The molecule has 1 aliphatic carbocycles. The maximum absolute atomic E-state index is 12.1. The molecule has 8 heteroatoms. The van der Waals surface area contributed by atoms with E-state index in [1.165, 1.54) is 0 Å². The summed E-state index contributed by atoms with van der Waals surface area (Å²) in [5.74, 6) is 0.512. The van der Waals surface area contributed by atoms with E-state index in [1.807, 2.05) is 13.2 Å². The number of hydrogen-bond acceptors (Lipinski definition) is 6. The number of anilines is 1. The van der Waals surface area contributed by atoms with Gasteiger partial charge >= 0.3 is 0 Å². The summed E-state index contributed by atoms with van der Waals surface area (Å²) in [6.07, 6.45) is 5.70. The molecule has 1 aliphatic heterocycles. The molecule has 2 N–H and O–H groups in total. The predicted molar refractivity (Wildman–Crippen MR) is 99.2 cm³/mol. The minimum Gasteiger partial charge on any atom is -0.354 e. The number of hydrogen-bond donors (Lipinski definition) is 2. The number of amides is 1. The molecule has 2 aromatic heterocycles. The van der Waals surface area contributed by atoms with Crippen LogP contribution in [0.15, 0.2) is 6.20 Å². The van der Waals surface area contributed by atoms with Crippen molar-refractivity contribution < 1.29 is 4.79 Å². The summed E-state index contributed by atoms with van der Waals surface area (Å²) in [4.78, 5) is 23.8. The zero-order chi connectivity index (χ0) is 18.3. The standard InChI is InChI=1S/C18H25N7O/c1-19-17(26)15-13-5-4-11-10-20-18(21-12-6-8-24(2)9-7-12)22-14(11)16(13)25(3)23-15/h10,12H,4-9H2,1-3H3,(H,19,26)(H,20,21,22). The van der Waals surface area contributed by atoms with Crippen molar-refractivity contribution in [3.63, 3.8) is 0 Å². The van der Waals surface area contributed by atoms with Crippen molar-refractivity contribution >= 4 is 11.9 Å². The van der Waals surface area contributed by atoms with E-state index < -0.39 is 0 Å². The zero-order valence-corrected chi connectivity index (χ0v) is 15.5. The minimum atomic E-state index is -0.149. The molecule has 0 atom stereocenters. The normalized spacial score (nSPS) is 17.5. The fourth-order valence-corrected chi connectivity index (χ4v) is 3.86. The Morgan fingerprint density at radius 2 is 2.00 bits per heavy atom. The molecule has 1 fully saturated rings. The molecule has 0 spiro atoms. The molecular weight excluding hydrogens is 330 g/mol. The van der Waals surface area contributed by atoms with E-state index in [0.29, 0.717) is 17.7 Å². The van der Waals surface area contributed by atoms with Crippen LogP contribution < -0.4 is 10.6 Å². The summed E-state index contributed by atoms with van der Waals surface area (Å²) >= 11 is 0. The summed E-state index contributed by atoms with van der Waals surface area (Å²) in [6.45, 7) is 2.17. The minimum absolute atomic E-state index is 0.149. The van der Waals surface area contributed by atoms with E-state index in [4.69, 9.17) is 4.98 Å². The number of nitrogens with zero attached hydrogens (tertiary/aromatic N) is 5. The Morgan fingerprint density at radius 3 is 2.73 bits per heavy atom. The van der Waals surface area contributed by atoms with Gasteiger partial charge in [-0.2, -0.15) is 5.10 Å². The Morgan fingerprint density at radius 1 is 1.23 bits per heavy atom. The fraction of sp³-hybridized carbons (Fsp3) is 0.556. The van der Waals surface area contributed by atoms with Gasteiger partial charge in [-0.15, -0.1) is 0 Å². The van der Waals surface area contributed by atoms with Crippen molar-refractivity contribution in [2.45, 2.75) is 31.7 Å². The van der Waals surface area contributed by atoms with Gasteiger partial charge in [0.2, 0.25) is 5.95 Å². The third kappa shape index (κ3) is 2.94. The Bertz CT molecular complexity index is 836. The van der Waals surface area contributed by atoms with Crippen LogP contribution in [0, 0.1) is 0 Å². The molecule has 0 bridgehead atoms. The molecule has 0 aromatic carbocycles. The number of aromatic nitrogens is 4. The fourth-order valence-electron chi connectivity index (χ4n) is 3.86. The highest BCUT2D eigenvalue weighted by Gasteiger charge is 2.28. The quantitative estimate of drug-likeness (QED) is 0.848. The average Bonchev–Trinajstić information content (AvgIpc) is 3.00. The van der Waals surface area contributed by atoms with Crippen molar-refractivity contribution in [2.75, 3.05) is 32.5 Å². The second-order valence-electron chi connectivity index (χ2n) is 7.17. The van der Waals surface area contributed by atoms with Crippen molar-refractivity contribution in [2.24, 2.45) is 7.05 Å². The van der Waals surface area contributed by atoms with Crippen LogP contribution >= 0.6 is 0 Å². The van der Waals surface area contributed by atoms with Gasteiger partial charge in [-0.3, -0.25) is 9.48 Å². The number of carbonyl (C=O) groups excluding carboxylic acids is 1. The van der Waals surface area contributed by atoms with E-state index in [0.717, 1.165) is 61.3 Å². The first-order valence-corrected chi connectivity index (χ1v) is 9.16. The Balaban J connectivity index is 1.65. The smallest absolute Gasteiger partial charge is 0.271 e. The molecule has 1 saturated heterocycles. The summed E-state index contributed by atoms with van der Waals surface area (Å²) < 4.78 is 1.77. The van der Waals surface area contributed by atoms with Crippen LogP contribution in [0.1, 0.15) is 34.5 Å². The van der Waals surface area contributed by atoms with Gasteiger partial charge in [-0.1, -0.05) is 0 Å². The monoisotopic (exact) mass is 355 g/mol. The zero-order valence-electron chi connectivity index (χ0n) is 15.5. The first-order chi connectivity index (χ1) is 12.6. The van der Waals surface area contributed by atoms with E-state index >= 15 is 0 Å². The van der Waals surface area contributed by atoms with E-state index in [2.05, 4.69) is 32.7 Å². The highest BCUT2D eigenvalue weighted by atomic mass is 16.1. The van der Waals surface area contributed by atoms with Gasteiger partial charge < -0.3 is 15.5 Å². The first-order valence-electron chi connectivity index (χ1n) is 9.16. The van der Waals surface area contributed by atoms with E-state index in [9.17, 15) is 4.79 Å². The van der Waals surface area contributed by atoms with Crippen LogP contribution in [0.4, 0.5) is 5.95 Å². The maximum Gasteiger partial charge on any atom is 0.271 e. The molecule has 0 saturated carbocycles. The lowest BCUT2D eigenvalue weighted by Crippen LogP contribution is -2.37. The van der Waals surface area contributed by atoms with E-state index in [-0.39, 0.29) is 5.91 Å². The van der Waals surface area contributed by atoms with Crippen molar-refractivity contribution in [1.82, 2.24) is 30.0 Å². The SMILES string of the molecule is CNC(=O)c1nn(C)c2c1CCc1cnc(NC3CCN(C)CC3)nc1-2. The van der Waals surface area contributed by atoms with Gasteiger partial charge in [0.05, 0.1) is 11.4 Å². The molecule has 2 aromatic rings. The largest absolute Gasteiger partial charge is 0.354 e. The molecule has 138 valence electrons. The highest BCUT2D eigenvalue weighted by Crippen LogP contribution is 2.34. The first kappa shape index (κ1) is 17.0. The van der Waals surface area contributed by atoms with Gasteiger partial charge in [0, 0.05) is 31.9 Å². The van der Waals surface area contributed by atoms with Crippen molar-refractivity contribution in [3.8, 4) is 11.4 Å². The van der Waals surface area contributed by atoms with Crippen LogP contribution in [-0.2, 0) is 19.9 Å². The number of piperidine rings is 1.